The zero-order valence-corrected chi connectivity index (χ0v) is 19.4. The first kappa shape index (κ1) is 24.9. The number of carbonyl (C=O) groups excluding carboxylic acids is 2. The van der Waals surface area contributed by atoms with Gasteiger partial charge in [0.25, 0.3) is 0 Å². The van der Waals surface area contributed by atoms with Gasteiger partial charge in [0, 0.05) is 23.6 Å². The number of nitrogens with one attached hydrogen (secondary N) is 1. The Morgan fingerprint density at radius 3 is 2.35 bits per heavy atom. The summed E-state index contributed by atoms with van der Waals surface area (Å²) in [7, 11) is -2.59. The van der Waals surface area contributed by atoms with E-state index in [4.69, 9.17) is 23.2 Å². The molecule has 1 atom stereocenters. The molecule has 0 radical (unpaired) electrons. The number of sulfonamides is 1. The van der Waals surface area contributed by atoms with Gasteiger partial charge >= 0.3 is 0 Å². The second-order valence-electron chi connectivity index (χ2n) is 6.77. The van der Waals surface area contributed by atoms with Crippen LogP contribution >= 0.6 is 23.2 Å². The van der Waals surface area contributed by atoms with Crippen molar-refractivity contribution in [3.63, 3.8) is 0 Å². The molecule has 0 saturated heterocycles. The Labute approximate surface area is 190 Å². The summed E-state index contributed by atoms with van der Waals surface area (Å²) in [5.41, 5.74) is 0.238. The van der Waals surface area contributed by atoms with E-state index in [-0.39, 0.29) is 17.3 Å². The van der Waals surface area contributed by atoms with Crippen LogP contribution in [0.1, 0.15) is 12.5 Å². The van der Waals surface area contributed by atoms with Crippen molar-refractivity contribution in [2.24, 2.45) is 0 Å². The molecule has 31 heavy (non-hydrogen) atoms. The minimum atomic E-state index is -4.01. The van der Waals surface area contributed by atoms with E-state index < -0.39 is 40.2 Å². The normalized spacial score (nSPS) is 12.2. The molecule has 0 aromatic heterocycles. The highest BCUT2D eigenvalue weighted by Crippen LogP contribution is 2.25. The van der Waals surface area contributed by atoms with E-state index in [9.17, 15) is 22.4 Å². The summed E-state index contributed by atoms with van der Waals surface area (Å²) in [6.07, 6.45) is 0.870. The summed E-state index contributed by atoms with van der Waals surface area (Å²) in [4.78, 5) is 26.6. The van der Waals surface area contributed by atoms with Gasteiger partial charge < -0.3 is 10.2 Å². The monoisotopic (exact) mass is 489 g/mol. The molecule has 0 heterocycles. The number of nitrogens with zero attached hydrogens (tertiary/aromatic N) is 2. The third kappa shape index (κ3) is 6.32. The highest BCUT2D eigenvalue weighted by molar-refractivity contribution is 7.92. The maximum absolute atomic E-state index is 14.3. The summed E-state index contributed by atoms with van der Waals surface area (Å²) < 4.78 is 39.6. The van der Waals surface area contributed by atoms with Gasteiger partial charge in [-0.2, -0.15) is 0 Å². The molecule has 0 bridgehead atoms. The SMILES string of the molecule is CNC(=O)[C@H](C)N(Cc1ccc(Cl)cc1Cl)C(=O)CN(c1ccccc1F)S(C)(=O)=O. The molecular weight excluding hydrogens is 468 g/mol. The Morgan fingerprint density at radius 1 is 1.16 bits per heavy atom. The summed E-state index contributed by atoms with van der Waals surface area (Å²) in [6, 6.07) is 8.94. The summed E-state index contributed by atoms with van der Waals surface area (Å²) in [5.74, 6) is -1.97. The maximum Gasteiger partial charge on any atom is 0.244 e. The molecule has 0 aliphatic carbocycles. The fraction of sp³-hybridized carbons (Fsp3) is 0.300. The molecule has 2 amide bonds. The van der Waals surface area contributed by atoms with Crippen molar-refractivity contribution in [2.75, 3.05) is 24.2 Å². The number of rotatable bonds is 8. The van der Waals surface area contributed by atoms with E-state index in [1.807, 2.05) is 0 Å². The van der Waals surface area contributed by atoms with Gasteiger partial charge in [0.2, 0.25) is 21.8 Å². The number of hydrogen-bond acceptors (Lipinski definition) is 4. The zero-order chi connectivity index (χ0) is 23.3. The fourth-order valence-corrected chi connectivity index (χ4v) is 4.19. The smallest absolute Gasteiger partial charge is 0.244 e. The van der Waals surface area contributed by atoms with E-state index >= 15 is 0 Å². The van der Waals surface area contributed by atoms with E-state index in [1.54, 1.807) is 12.1 Å². The van der Waals surface area contributed by atoms with E-state index in [0.717, 1.165) is 12.3 Å². The van der Waals surface area contributed by atoms with E-state index in [2.05, 4.69) is 5.32 Å². The Bertz CT molecular complexity index is 1080. The molecule has 0 aliphatic rings. The second-order valence-corrected chi connectivity index (χ2v) is 9.52. The summed E-state index contributed by atoms with van der Waals surface area (Å²) in [5, 5.41) is 3.13. The van der Waals surface area contributed by atoms with Crippen LogP contribution in [-0.2, 0) is 26.2 Å². The van der Waals surface area contributed by atoms with Crippen molar-refractivity contribution >= 4 is 50.7 Å². The molecular formula is C20H22Cl2FN3O4S. The molecule has 168 valence electrons. The Kier molecular flexibility index (Phi) is 8.27. The van der Waals surface area contributed by atoms with Gasteiger partial charge in [-0.15, -0.1) is 0 Å². The Balaban J connectivity index is 2.43. The van der Waals surface area contributed by atoms with Crippen LogP contribution in [0.5, 0.6) is 0 Å². The van der Waals surface area contributed by atoms with Gasteiger partial charge in [0.15, 0.2) is 0 Å². The molecule has 2 aromatic carbocycles. The fourth-order valence-electron chi connectivity index (χ4n) is 2.87. The summed E-state index contributed by atoms with van der Waals surface area (Å²) in [6.45, 7) is 0.707. The number of amides is 2. The lowest BCUT2D eigenvalue weighted by Gasteiger charge is -2.31. The van der Waals surface area contributed by atoms with Gasteiger partial charge in [-0.25, -0.2) is 12.8 Å². The number of anilines is 1. The van der Waals surface area contributed by atoms with E-state index in [1.165, 1.54) is 43.1 Å². The van der Waals surface area contributed by atoms with Crippen molar-refractivity contribution in [2.45, 2.75) is 19.5 Å². The number of hydrogen-bond donors (Lipinski definition) is 1. The Morgan fingerprint density at radius 2 is 1.81 bits per heavy atom. The molecule has 1 N–H and O–H groups in total. The van der Waals surface area contributed by atoms with Gasteiger partial charge in [0.1, 0.15) is 18.4 Å². The van der Waals surface area contributed by atoms with Gasteiger partial charge in [-0.1, -0.05) is 41.4 Å². The molecule has 2 aromatic rings. The minimum Gasteiger partial charge on any atom is -0.357 e. The molecule has 11 heteroatoms. The molecule has 0 spiro atoms. The topological polar surface area (TPSA) is 86.8 Å². The quantitative estimate of drug-likeness (QED) is 0.617. The molecule has 7 nitrogen and oxygen atoms in total. The highest BCUT2D eigenvalue weighted by atomic mass is 35.5. The number of benzene rings is 2. The van der Waals surface area contributed by atoms with Crippen molar-refractivity contribution < 1.29 is 22.4 Å². The number of para-hydroxylation sites is 1. The standard InChI is InChI=1S/C20H22Cl2FN3O4S/c1-13(20(28)24-2)25(11-14-8-9-15(21)10-16(14)22)19(27)12-26(31(3,29)30)18-7-5-4-6-17(18)23/h4-10,13H,11-12H2,1-3H3,(H,24,28)/t13-/m0/s1. The number of likely N-dealkylation sites (N-methyl/N-ethyl adjacent to an activating group) is 1. The maximum atomic E-state index is 14.3. The van der Waals surface area contributed by atoms with Crippen LogP contribution in [0.3, 0.4) is 0 Å². The molecule has 0 saturated carbocycles. The molecule has 0 aliphatic heterocycles. The van der Waals surface area contributed by atoms with E-state index in [0.29, 0.717) is 14.9 Å². The highest BCUT2D eigenvalue weighted by Gasteiger charge is 2.31. The van der Waals surface area contributed by atoms with Crippen LogP contribution < -0.4 is 9.62 Å². The average molecular weight is 490 g/mol. The number of halogens is 3. The lowest BCUT2D eigenvalue weighted by molar-refractivity contribution is -0.139. The third-order valence-electron chi connectivity index (χ3n) is 4.57. The van der Waals surface area contributed by atoms with Crippen LogP contribution in [0.25, 0.3) is 0 Å². The van der Waals surface area contributed by atoms with Crippen molar-refractivity contribution in [3.05, 3.63) is 63.9 Å². The lowest BCUT2D eigenvalue weighted by Crippen LogP contribution is -2.50. The largest absolute Gasteiger partial charge is 0.357 e. The van der Waals surface area contributed by atoms with Gasteiger partial charge in [0.05, 0.1) is 11.9 Å². The first-order valence-electron chi connectivity index (χ1n) is 9.13. The first-order chi connectivity index (χ1) is 14.5. The first-order valence-corrected chi connectivity index (χ1v) is 11.7. The van der Waals surface area contributed by atoms with Crippen LogP contribution in [0.2, 0.25) is 10.0 Å². The average Bonchev–Trinajstić information content (AvgIpc) is 2.70. The van der Waals surface area contributed by atoms with Crippen molar-refractivity contribution in [1.29, 1.82) is 0 Å². The van der Waals surface area contributed by atoms with Crippen LogP contribution in [0.4, 0.5) is 10.1 Å². The predicted molar refractivity (Wildman–Crippen MR) is 119 cm³/mol. The van der Waals surface area contributed by atoms with Crippen molar-refractivity contribution in [3.8, 4) is 0 Å². The van der Waals surface area contributed by atoms with Gasteiger partial charge in [-0.05, 0) is 36.8 Å². The zero-order valence-electron chi connectivity index (χ0n) is 17.1. The lowest BCUT2D eigenvalue weighted by atomic mass is 10.1. The second kappa shape index (κ2) is 10.3. The third-order valence-corrected chi connectivity index (χ3v) is 6.28. The Hall–Kier alpha value is -2.36. The summed E-state index contributed by atoms with van der Waals surface area (Å²) >= 11 is 12.1. The van der Waals surface area contributed by atoms with Crippen molar-refractivity contribution in [1.82, 2.24) is 10.2 Å². The van der Waals surface area contributed by atoms with Gasteiger partial charge in [-0.3, -0.25) is 13.9 Å². The van der Waals surface area contributed by atoms with Crippen LogP contribution in [0.15, 0.2) is 42.5 Å². The number of carbonyl (C=O) groups is 2. The van der Waals surface area contributed by atoms with Crippen LogP contribution in [-0.4, -0.2) is 51.0 Å². The molecule has 0 fully saturated rings. The molecule has 2 rings (SSSR count). The van der Waals surface area contributed by atoms with Crippen LogP contribution in [0, 0.1) is 5.82 Å². The minimum absolute atomic E-state index is 0.0850. The predicted octanol–water partition coefficient (Wildman–Crippen LogP) is 3.06. The molecule has 0 unspecified atom stereocenters.